The zero-order chi connectivity index (χ0) is 18.6. The van der Waals surface area contributed by atoms with E-state index in [1.54, 1.807) is 36.4 Å². The fraction of sp³-hybridized carbons (Fsp3) is 0.278. The predicted octanol–water partition coefficient (Wildman–Crippen LogP) is -0.0375. The summed E-state index contributed by atoms with van der Waals surface area (Å²) in [5, 5.41) is 1.90. The van der Waals surface area contributed by atoms with Crippen molar-refractivity contribution in [3.8, 4) is 0 Å². The highest BCUT2D eigenvalue weighted by Crippen LogP contribution is 2.17. The van der Waals surface area contributed by atoms with E-state index in [9.17, 15) is 13.2 Å². The van der Waals surface area contributed by atoms with E-state index in [-0.39, 0.29) is 10.8 Å². The lowest BCUT2D eigenvalue weighted by Crippen LogP contribution is -3.12. The topological polar surface area (TPSA) is 82.9 Å². The maximum absolute atomic E-state index is 12.4. The summed E-state index contributed by atoms with van der Waals surface area (Å²) in [6.45, 7) is 3.52. The van der Waals surface area contributed by atoms with Gasteiger partial charge >= 0.3 is 0 Å². The summed E-state index contributed by atoms with van der Waals surface area (Å²) in [7, 11) is -1.56. The summed E-state index contributed by atoms with van der Waals surface area (Å²) in [4.78, 5) is 14.1. The molecule has 7 nitrogen and oxygen atoms in total. The van der Waals surface area contributed by atoms with Crippen LogP contribution in [-0.2, 0) is 10.0 Å². The molecule has 8 heteroatoms. The molecular weight excluding hydrogens is 352 g/mol. The van der Waals surface area contributed by atoms with E-state index in [4.69, 9.17) is 0 Å². The molecular formula is C18H23N4O3S+. The first-order valence-electron chi connectivity index (χ1n) is 8.49. The highest BCUT2D eigenvalue weighted by atomic mass is 32.2. The Morgan fingerprint density at radius 3 is 2.42 bits per heavy atom. The number of sulfonamides is 1. The van der Waals surface area contributed by atoms with Crippen molar-refractivity contribution in [3.63, 3.8) is 0 Å². The third kappa shape index (κ3) is 4.60. The van der Waals surface area contributed by atoms with Gasteiger partial charge in [0.2, 0.25) is 0 Å². The Kier molecular flexibility index (Phi) is 5.55. The van der Waals surface area contributed by atoms with Gasteiger partial charge in [0.1, 0.15) is 0 Å². The first kappa shape index (κ1) is 18.4. The van der Waals surface area contributed by atoms with Crippen LogP contribution >= 0.6 is 0 Å². The molecule has 1 saturated heterocycles. The van der Waals surface area contributed by atoms with Crippen LogP contribution in [0.25, 0.3) is 0 Å². The number of hydrogen-bond donors (Lipinski definition) is 3. The minimum Gasteiger partial charge on any atom is -0.335 e. The quantitative estimate of drug-likeness (QED) is 0.685. The molecule has 1 amide bonds. The minimum absolute atomic E-state index is 0.176. The number of hydrazine groups is 1. The van der Waals surface area contributed by atoms with Crippen LogP contribution in [0, 0.1) is 0 Å². The molecule has 0 saturated carbocycles. The number of rotatable bonds is 5. The van der Waals surface area contributed by atoms with Gasteiger partial charge in [-0.25, -0.2) is 13.4 Å². The van der Waals surface area contributed by atoms with Crippen molar-refractivity contribution < 1.29 is 18.1 Å². The molecule has 1 aliphatic heterocycles. The first-order valence-corrected chi connectivity index (χ1v) is 9.97. The second kappa shape index (κ2) is 7.86. The van der Waals surface area contributed by atoms with Crippen LogP contribution in [0.5, 0.6) is 0 Å². The van der Waals surface area contributed by atoms with Crippen molar-refractivity contribution >= 4 is 21.6 Å². The molecule has 1 heterocycles. The number of anilines is 1. The Morgan fingerprint density at radius 2 is 1.73 bits per heavy atom. The number of likely N-dealkylation sites (N-methyl/N-ethyl adjacent to an activating group) is 1. The van der Waals surface area contributed by atoms with Crippen molar-refractivity contribution in [1.82, 2.24) is 10.4 Å². The third-order valence-electron chi connectivity index (χ3n) is 4.31. The number of carbonyl (C=O) groups is 1. The van der Waals surface area contributed by atoms with Crippen molar-refractivity contribution in [2.24, 2.45) is 0 Å². The fourth-order valence-corrected chi connectivity index (χ4v) is 3.82. The second-order valence-electron chi connectivity index (χ2n) is 6.38. The Labute approximate surface area is 153 Å². The molecule has 3 rings (SSSR count). The molecule has 26 heavy (non-hydrogen) atoms. The van der Waals surface area contributed by atoms with Gasteiger partial charge in [-0.1, -0.05) is 24.3 Å². The van der Waals surface area contributed by atoms with Gasteiger partial charge < -0.3 is 4.90 Å². The number of amides is 1. The number of piperazine rings is 1. The number of hydrogen-bond acceptors (Lipinski definition) is 4. The Morgan fingerprint density at radius 1 is 1.04 bits per heavy atom. The summed E-state index contributed by atoms with van der Waals surface area (Å²) in [5.74, 6) is -0.245. The van der Waals surface area contributed by atoms with Crippen LogP contribution in [0.4, 0.5) is 5.69 Å². The van der Waals surface area contributed by atoms with E-state index < -0.39 is 10.0 Å². The van der Waals surface area contributed by atoms with Crippen LogP contribution in [0.15, 0.2) is 59.5 Å². The smallest absolute Gasteiger partial charge is 0.265 e. The lowest BCUT2D eigenvalue weighted by atomic mass is 10.2. The standard InChI is InChI=1S/C18H22N4O3S/c1-21-10-12-22(13-11-21)19-18(23)15-6-5-7-16(14-15)20-26(24,25)17-8-3-2-4-9-17/h2-9,14,20H,10-13H2,1H3,(H,19,23)/p+1. The second-order valence-corrected chi connectivity index (χ2v) is 8.07. The van der Waals surface area contributed by atoms with Crippen LogP contribution in [0.1, 0.15) is 10.4 Å². The van der Waals surface area contributed by atoms with Crippen LogP contribution in [-0.4, -0.2) is 52.6 Å². The average Bonchev–Trinajstić information content (AvgIpc) is 2.64. The molecule has 0 bridgehead atoms. The molecule has 2 aromatic rings. The van der Waals surface area contributed by atoms with E-state index in [0.29, 0.717) is 11.3 Å². The molecule has 1 fully saturated rings. The van der Waals surface area contributed by atoms with Crippen molar-refractivity contribution in [3.05, 3.63) is 60.2 Å². The summed E-state index contributed by atoms with van der Waals surface area (Å²) in [6, 6.07) is 14.6. The number of nitrogens with zero attached hydrogens (tertiary/aromatic N) is 1. The molecule has 0 aromatic heterocycles. The molecule has 0 radical (unpaired) electrons. The van der Waals surface area contributed by atoms with Crippen molar-refractivity contribution in [2.75, 3.05) is 37.9 Å². The predicted molar refractivity (Wildman–Crippen MR) is 99.4 cm³/mol. The van der Waals surface area contributed by atoms with Gasteiger partial charge in [-0.15, -0.1) is 0 Å². The number of benzene rings is 2. The molecule has 0 atom stereocenters. The van der Waals surface area contributed by atoms with Gasteiger partial charge in [0.05, 0.1) is 38.1 Å². The van der Waals surface area contributed by atoms with Gasteiger partial charge in [-0.2, -0.15) is 0 Å². The Balaban J connectivity index is 1.69. The molecule has 3 N–H and O–H groups in total. The Bertz CT molecular complexity index is 863. The number of carbonyl (C=O) groups excluding carboxylic acids is 1. The van der Waals surface area contributed by atoms with Gasteiger partial charge in [0, 0.05) is 11.3 Å². The van der Waals surface area contributed by atoms with Crippen LogP contribution < -0.4 is 15.0 Å². The van der Waals surface area contributed by atoms with E-state index in [2.05, 4.69) is 17.2 Å². The maximum Gasteiger partial charge on any atom is 0.265 e. The van der Waals surface area contributed by atoms with Crippen molar-refractivity contribution in [2.45, 2.75) is 4.90 Å². The minimum atomic E-state index is -3.68. The lowest BCUT2D eigenvalue weighted by Gasteiger charge is -2.30. The maximum atomic E-state index is 12.4. The van der Waals surface area contributed by atoms with Gasteiger partial charge in [0.15, 0.2) is 0 Å². The van der Waals surface area contributed by atoms with Crippen molar-refractivity contribution in [1.29, 1.82) is 0 Å². The first-order chi connectivity index (χ1) is 12.4. The zero-order valence-corrected chi connectivity index (χ0v) is 15.4. The highest BCUT2D eigenvalue weighted by molar-refractivity contribution is 7.92. The Hall–Kier alpha value is -2.42. The van der Waals surface area contributed by atoms with Crippen LogP contribution in [0.3, 0.4) is 0 Å². The SMILES string of the molecule is C[NH+]1CCN(NC(=O)c2cccc(NS(=O)(=O)c3ccccc3)c2)CC1. The summed E-state index contributed by atoms with van der Waals surface area (Å²) in [6.07, 6.45) is 0. The lowest BCUT2D eigenvalue weighted by molar-refractivity contribution is -0.884. The summed E-state index contributed by atoms with van der Waals surface area (Å²) in [5.41, 5.74) is 3.64. The van der Waals surface area contributed by atoms with E-state index >= 15 is 0 Å². The van der Waals surface area contributed by atoms with Gasteiger partial charge in [-0.3, -0.25) is 14.9 Å². The van der Waals surface area contributed by atoms with Gasteiger partial charge in [-0.05, 0) is 30.3 Å². The molecule has 0 spiro atoms. The summed E-state index contributed by atoms with van der Waals surface area (Å²) >= 11 is 0. The fourth-order valence-electron chi connectivity index (χ4n) is 2.75. The van der Waals surface area contributed by atoms with E-state index in [0.717, 1.165) is 26.2 Å². The number of nitrogens with one attached hydrogen (secondary N) is 3. The zero-order valence-electron chi connectivity index (χ0n) is 14.6. The normalized spacial score (nSPS) is 16.2. The van der Waals surface area contributed by atoms with Crippen LogP contribution in [0.2, 0.25) is 0 Å². The largest absolute Gasteiger partial charge is 0.335 e. The van der Waals surface area contributed by atoms with Gasteiger partial charge in [0.25, 0.3) is 15.9 Å². The van der Waals surface area contributed by atoms with E-state index in [1.165, 1.54) is 23.1 Å². The monoisotopic (exact) mass is 375 g/mol. The molecule has 138 valence electrons. The highest BCUT2D eigenvalue weighted by Gasteiger charge is 2.19. The molecule has 0 aliphatic carbocycles. The third-order valence-corrected chi connectivity index (χ3v) is 5.70. The molecule has 0 unspecified atom stereocenters. The molecule has 1 aliphatic rings. The number of quaternary nitrogens is 1. The van der Waals surface area contributed by atoms with E-state index in [1.807, 2.05) is 5.01 Å². The average molecular weight is 375 g/mol. The molecule has 2 aromatic carbocycles. The summed E-state index contributed by atoms with van der Waals surface area (Å²) < 4.78 is 27.3.